The molecule has 0 fully saturated rings. The highest BCUT2D eigenvalue weighted by atomic mass is 19.4. The van der Waals surface area contributed by atoms with E-state index in [2.05, 4.69) is 0 Å². The summed E-state index contributed by atoms with van der Waals surface area (Å²) in [4.78, 5) is 10.3. The van der Waals surface area contributed by atoms with Crippen molar-refractivity contribution in [1.82, 2.24) is 0 Å². The summed E-state index contributed by atoms with van der Waals surface area (Å²) >= 11 is 0. The molecule has 0 aliphatic rings. The second-order valence-electron chi connectivity index (χ2n) is 3.63. The van der Waals surface area contributed by atoms with Crippen LogP contribution in [0.15, 0.2) is 18.2 Å². The first-order valence-electron chi connectivity index (χ1n) is 4.65. The monoisotopic (exact) mass is 234 g/mol. The number of hydrogen-bond acceptors (Lipinski definition) is 1. The number of rotatable bonds is 3. The van der Waals surface area contributed by atoms with Crippen LogP contribution in [0.4, 0.5) is 17.6 Å². The zero-order valence-electron chi connectivity index (χ0n) is 8.51. The van der Waals surface area contributed by atoms with Crippen LogP contribution in [0.3, 0.4) is 0 Å². The van der Waals surface area contributed by atoms with Crippen LogP contribution in [-0.2, 0) is 17.4 Å². The van der Waals surface area contributed by atoms with Gasteiger partial charge in [-0.1, -0.05) is 13.0 Å². The van der Waals surface area contributed by atoms with Gasteiger partial charge >= 0.3 is 6.18 Å². The molecule has 0 N–H and O–H groups in total. The van der Waals surface area contributed by atoms with Crippen LogP contribution in [-0.4, -0.2) is 6.29 Å². The molecular formula is C11H10F4O. The van der Waals surface area contributed by atoms with E-state index in [9.17, 15) is 22.4 Å². The maximum Gasteiger partial charge on any atom is 0.419 e. The first-order chi connectivity index (χ1) is 7.34. The van der Waals surface area contributed by atoms with E-state index in [0.29, 0.717) is 17.9 Å². The van der Waals surface area contributed by atoms with Gasteiger partial charge in [-0.25, -0.2) is 4.39 Å². The van der Waals surface area contributed by atoms with Gasteiger partial charge in [-0.15, -0.1) is 0 Å². The van der Waals surface area contributed by atoms with Gasteiger partial charge in [0.25, 0.3) is 0 Å². The van der Waals surface area contributed by atoms with Crippen LogP contribution < -0.4 is 0 Å². The Hall–Kier alpha value is -1.39. The van der Waals surface area contributed by atoms with Crippen molar-refractivity contribution < 1.29 is 22.4 Å². The first kappa shape index (κ1) is 12.7. The Labute approximate surface area is 90.1 Å². The second-order valence-corrected chi connectivity index (χ2v) is 3.63. The summed E-state index contributed by atoms with van der Waals surface area (Å²) < 4.78 is 49.7. The number of hydrogen-bond donors (Lipinski definition) is 0. The lowest BCUT2D eigenvalue weighted by molar-refractivity contribution is -0.140. The molecule has 1 nitrogen and oxygen atoms in total. The lowest BCUT2D eigenvalue weighted by atomic mass is 10.0. The minimum absolute atomic E-state index is 0.235. The predicted molar refractivity (Wildman–Crippen MR) is 50.3 cm³/mol. The van der Waals surface area contributed by atoms with E-state index in [-0.39, 0.29) is 12.3 Å². The molecule has 1 rings (SSSR count). The Morgan fingerprint density at radius 3 is 2.44 bits per heavy atom. The average molecular weight is 234 g/mol. The van der Waals surface area contributed by atoms with E-state index in [1.54, 1.807) is 6.92 Å². The maximum atomic E-state index is 13.1. The summed E-state index contributed by atoms with van der Waals surface area (Å²) in [6.07, 6.45) is -3.77. The number of alkyl halides is 3. The van der Waals surface area contributed by atoms with Crippen molar-refractivity contribution in [3.05, 3.63) is 35.1 Å². The molecule has 0 aliphatic carbocycles. The molecule has 88 valence electrons. The van der Waals surface area contributed by atoms with Crippen molar-refractivity contribution in [2.45, 2.75) is 19.5 Å². The van der Waals surface area contributed by atoms with Gasteiger partial charge < -0.3 is 4.79 Å². The van der Waals surface area contributed by atoms with Crippen LogP contribution in [0.1, 0.15) is 18.1 Å². The van der Waals surface area contributed by atoms with Gasteiger partial charge in [-0.3, -0.25) is 0 Å². The van der Waals surface area contributed by atoms with Crippen LogP contribution in [0.2, 0.25) is 0 Å². The summed E-state index contributed by atoms with van der Waals surface area (Å²) in [5, 5.41) is 0. The number of benzene rings is 1. The minimum atomic E-state index is -4.68. The SMILES string of the molecule is CC(C=O)Cc1ccc(C(F)(F)F)c(F)c1. The fourth-order valence-electron chi connectivity index (χ4n) is 1.34. The van der Waals surface area contributed by atoms with E-state index in [1.807, 2.05) is 0 Å². The molecule has 1 atom stereocenters. The van der Waals surface area contributed by atoms with Crippen molar-refractivity contribution >= 4 is 6.29 Å². The molecule has 0 saturated carbocycles. The van der Waals surface area contributed by atoms with Gasteiger partial charge in [0, 0.05) is 5.92 Å². The summed E-state index contributed by atoms with van der Waals surface area (Å²) in [5.41, 5.74) is -0.903. The normalized spacial score (nSPS) is 13.6. The van der Waals surface area contributed by atoms with E-state index >= 15 is 0 Å². The maximum absolute atomic E-state index is 13.1. The Bertz CT molecular complexity index is 384. The summed E-state index contributed by atoms with van der Waals surface area (Å²) in [7, 11) is 0. The summed E-state index contributed by atoms with van der Waals surface area (Å²) in [5.74, 6) is -1.64. The van der Waals surface area contributed by atoms with Gasteiger partial charge in [0.2, 0.25) is 0 Å². The molecule has 1 unspecified atom stereocenters. The van der Waals surface area contributed by atoms with E-state index in [1.165, 1.54) is 6.07 Å². The van der Waals surface area contributed by atoms with Gasteiger partial charge in [0.05, 0.1) is 5.56 Å². The van der Waals surface area contributed by atoms with Gasteiger partial charge in [-0.2, -0.15) is 13.2 Å². The second kappa shape index (κ2) is 4.63. The molecule has 0 spiro atoms. The van der Waals surface area contributed by atoms with Crippen LogP contribution in [0.25, 0.3) is 0 Å². The fraction of sp³-hybridized carbons (Fsp3) is 0.364. The van der Waals surface area contributed by atoms with E-state index < -0.39 is 17.6 Å². The summed E-state index contributed by atoms with van der Waals surface area (Å²) in [6, 6.07) is 2.71. The highest BCUT2D eigenvalue weighted by molar-refractivity contribution is 5.53. The minimum Gasteiger partial charge on any atom is -0.303 e. The van der Waals surface area contributed by atoms with Crippen LogP contribution in [0.5, 0.6) is 0 Å². The quantitative estimate of drug-likeness (QED) is 0.579. The molecule has 5 heteroatoms. The Kier molecular flexibility index (Phi) is 3.67. The van der Waals surface area contributed by atoms with E-state index in [4.69, 9.17) is 0 Å². The van der Waals surface area contributed by atoms with Crippen LogP contribution in [0, 0.1) is 11.7 Å². The molecule has 1 aromatic carbocycles. The molecule has 0 heterocycles. The van der Waals surface area contributed by atoms with Crippen molar-refractivity contribution in [3.63, 3.8) is 0 Å². The molecule has 0 aliphatic heterocycles. The third kappa shape index (κ3) is 3.05. The number of halogens is 4. The zero-order chi connectivity index (χ0) is 12.3. The Morgan fingerprint density at radius 2 is 2.00 bits per heavy atom. The van der Waals surface area contributed by atoms with Crippen molar-refractivity contribution in [3.8, 4) is 0 Å². The van der Waals surface area contributed by atoms with Gasteiger partial charge in [-0.05, 0) is 24.1 Å². The van der Waals surface area contributed by atoms with Gasteiger partial charge in [0.15, 0.2) is 0 Å². The molecular weight excluding hydrogens is 224 g/mol. The Morgan fingerprint density at radius 1 is 1.38 bits per heavy atom. The smallest absolute Gasteiger partial charge is 0.303 e. The number of carbonyl (C=O) groups excluding carboxylic acids is 1. The topological polar surface area (TPSA) is 17.1 Å². The molecule has 0 radical (unpaired) electrons. The number of aldehydes is 1. The van der Waals surface area contributed by atoms with Gasteiger partial charge in [0.1, 0.15) is 12.1 Å². The first-order valence-corrected chi connectivity index (χ1v) is 4.65. The lowest BCUT2D eigenvalue weighted by Crippen LogP contribution is -2.09. The third-order valence-corrected chi connectivity index (χ3v) is 2.13. The largest absolute Gasteiger partial charge is 0.419 e. The standard InChI is InChI=1S/C11H10F4O/c1-7(6-16)4-8-2-3-9(10(12)5-8)11(13,14)15/h2-3,5-7H,4H2,1H3. The van der Waals surface area contributed by atoms with Crippen molar-refractivity contribution in [1.29, 1.82) is 0 Å². The highest BCUT2D eigenvalue weighted by Gasteiger charge is 2.33. The van der Waals surface area contributed by atoms with Crippen molar-refractivity contribution in [2.24, 2.45) is 5.92 Å². The zero-order valence-corrected chi connectivity index (χ0v) is 8.51. The molecule has 0 amide bonds. The third-order valence-electron chi connectivity index (χ3n) is 2.13. The number of carbonyl (C=O) groups is 1. The molecule has 1 aromatic rings. The Balaban J connectivity index is 2.95. The van der Waals surface area contributed by atoms with Crippen molar-refractivity contribution in [2.75, 3.05) is 0 Å². The molecule has 16 heavy (non-hydrogen) atoms. The summed E-state index contributed by atoms with van der Waals surface area (Å²) in [6.45, 7) is 1.61. The average Bonchev–Trinajstić information content (AvgIpc) is 2.15. The lowest BCUT2D eigenvalue weighted by Gasteiger charge is -2.10. The highest BCUT2D eigenvalue weighted by Crippen LogP contribution is 2.31. The fourth-order valence-corrected chi connectivity index (χ4v) is 1.34. The molecule has 0 bridgehead atoms. The van der Waals surface area contributed by atoms with E-state index in [0.717, 1.165) is 6.07 Å². The van der Waals surface area contributed by atoms with Crippen LogP contribution >= 0.6 is 0 Å². The predicted octanol–water partition coefficient (Wildman–Crippen LogP) is 3.22. The molecule has 0 aromatic heterocycles. The molecule has 0 saturated heterocycles.